The maximum Gasteiger partial charge on any atom is 0.234 e. The molecule has 0 aliphatic carbocycles. The number of carbonyl (C=O) groups is 1. The van der Waals surface area contributed by atoms with Crippen LogP contribution in [0, 0.1) is 0 Å². The largest absolute Gasteiger partial charge is 0.325 e. The molecule has 2 aromatic heterocycles. The molecule has 0 unspecified atom stereocenters. The summed E-state index contributed by atoms with van der Waals surface area (Å²) in [7, 11) is 0. The van der Waals surface area contributed by atoms with Crippen LogP contribution in [0.1, 0.15) is 0 Å². The molecule has 0 radical (unpaired) electrons. The number of nitrogens with zero attached hydrogens (tertiary/aromatic N) is 3. The van der Waals surface area contributed by atoms with Crippen LogP contribution in [0.25, 0.3) is 21.5 Å². The molecule has 0 bridgehead atoms. The number of nitrogens with one attached hydrogen (secondary N) is 1. The van der Waals surface area contributed by atoms with E-state index in [9.17, 15) is 4.79 Å². The molecule has 8 heteroatoms. The number of benzene rings is 2. The zero-order valence-corrected chi connectivity index (χ0v) is 17.7. The summed E-state index contributed by atoms with van der Waals surface area (Å²) in [6.45, 7) is 4.41. The molecule has 1 N–H and O–H groups in total. The van der Waals surface area contributed by atoms with Crippen LogP contribution in [0.2, 0.25) is 5.02 Å². The second kappa shape index (κ2) is 8.82. The van der Waals surface area contributed by atoms with Gasteiger partial charge in [-0.15, -0.1) is 28.1 Å². The fraction of sp³-hybridized carbons (Fsp3) is 0.0952. The summed E-state index contributed by atoms with van der Waals surface area (Å²) in [4.78, 5) is 12.3. The van der Waals surface area contributed by atoms with Gasteiger partial charge in [0.2, 0.25) is 5.91 Å². The molecule has 0 saturated carbocycles. The number of thioether (sulfide) groups is 1. The third-order valence-corrected chi connectivity index (χ3v) is 6.36. The van der Waals surface area contributed by atoms with Gasteiger partial charge in [-0.2, -0.15) is 0 Å². The maximum atomic E-state index is 12.3. The van der Waals surface area contributed by atoms with E-state index in [0.717, 1.165) is 16.8 Å². The van der Waals surface area contributed by atoms with E-state index in [1.165, 1.54) is 16.5 Å². The van der Waals surface area contributed by atoms with Gasteiger partial charge in [0.1, 0.15) is 0 Å². The summed E-state index contributed by atoms with van der Waals surface area (Å²) in [6.07, 6.45) is 1.80. The molecule has 146 valence electrons. The van der Waals surface area contributed by atoms with E-state index in [0.29, 0.717) is 22.4 Å². The average molecular weight is 441 g/mol. The number of rotatable bonds is 7. The molecule has 0 atom stereocenters. The van der Waals surface area contributed by atoms with Crippen molar-refractivity contribution in [3.63, 3.8) is 0 Å². The summed E-state index contributed by atoms with van der Waals surface area (Å²) in [5.74, 6) is 0.861. The molecule has 2 aromatic carbocycles. The molecule has 2 heterocycles. The smallest absolute Gasteiger partial charge is 0.234 e. The van der Waals surface area contributed by atoms with E-state index in [1.807, 2.05) is 16.7 Å². The Bertz CT molecular complexity index is 1180. The van der Waals surface area contributed by atoms with Crippen LogP contribution >= 0.6 is 34.7 Å². The molecular weight excluding hydrogens is 424 g/mol. The topological polar surface area (TPSA) is 59.8 Å². The second-order valence-corrected chi connectivity index (χ2v) is 8.49. The first-order valence-electron chi connectivity index (χ1n) is 8.84. The van der Waals surface area contributed by atoms with E-state index < -0.39 is 0 Å². The number of amides is 1. The fourth-order valence-electron chi connectivity index (χ4n) is 2.93. The number of halogens is 1. The highest BCUT2D eigenvalue weighted by molar-refractivity contribution is 7.99. The van der Waals surface area contributed by atoms with Crippen molar-refractivity contribution in [3.05, 3.63) is 71.6 Å². The monoisotopic (exact) mass is 440 g/mol. The molecule has 0 saturated heterocycles. The molecule has 29 heavy (non-hydrogen) atoms. The van der Waals surface area contributed by atoms with Gasteiger partial charge in [-0.05, 0) is 24.3 Å². The van der Waals surface area contributed by atoms with E-state index in [2.05, 4.69) is 39.6 Å². The van der Waals surface area contributed by atoms with Crippen LogP contribution in [-0.4, -0.2) is 26.4 Å². The summed E-state index contributed by atoms with van der Waals surface area (Å²) in [5, 5.41) is 16.1. The van der Waals surface area contributed by atoms with Gasteiger partial charge in [-0.3, -0.25) is 9.36 Å². The van der Waals surface area contributed by atoms with Crippen LogP contribution in [0.5, 0.6) is 0 Å². The number of hydrogen-bond donors (Lipinski definition) is 1. The van der Waals surface area contributed by atoms with Crippen molar-refractivity contribution in [2.75, 3.05) is 11.1 Å². The lowest BCUT2D eigenvalue weighted by molar-refractivity contribution is -0.113. The predicted octanol–water partition coefficient (Wildman–Crippen LogP) is 5.73. The van der Waals surface area contributed by atoms with Crippen molar-refractivity contribution < 1.29 is 4.79 Å². The average Bonchev–Trinajstić information content (AvgIpc) is 3.30. The van der Waals surface area contributed by atoms with Crippen molar-refractivity contribution in [1.82, 2.24) is 14.8 Å². The minimum Gasteiger partial charge on any atom is -0.325 e. The zero-order chi connectivity index (χ0) is 20.2. The Kier molecular flexibility index (Phi) is 5.99. The number of aromatic nitrogens is 3. The van der Waals surface area contributed by atoms with Crippen LogP contribution in [0.15, 0.2) is 71.7 Å². The highest BCUT2D eigenvalue weighted by Crippen LogP contribution is 2.34. The summed E-state index contributed by atoms with van der Waals surface area (Å²) >= 11 is 8.98. The van der Waals surface area contributed by atoms with Gasteiger partial charge in [0.05, 0.1) is 5.75 Å². The van der Waals surface area contributed by atoms with E-state index in [-0.39, 0.29) is 11.7 Å². The molecule has 4 rings (SSSR count). The molecule has 0 spiro atoms. The first-order valence-corrected chi connectivity index (χ1v) is 11.1. The van der Waals surface area contributed by atoms with Crippen LogP contribution in [0.3, 0.4) is 0 Å². The van der Waals surface area contributed by atoms with Gasteiger partial charge in [0, 0.05) is 38.3 Å². The van der Waals surface area contributed by atoms with Crippen molar-refractivity contribution in [2.45, 2.75) is 11.7 Å². The Morgan fingerprint density at radius 2 is 2.10 bits per heavy atom. The lowest BCUT2D eigenvalue weighted by Gasteiger charge is -2.08. The standard InChI is InChI=1S/C21H17ClN4OS2/c1-2-10-26-20(17-12-28-18-9-4-3-8-16(17)18)24-25-21(26)29-13-19(27)23-15-7-5-6-14(22)11-15/h2-9,11-12H,1,10,13H2,(H,23,27). The second-order valence-electron chi connectivity index (χ2n) is 6.20. The Morgan fingerprint density at radius 3 is 2.93 bits per heavy atom. The number of hydrogen-bond acceptors (Lipinski definition) is 5. The number of fused-ring (bicyclic) bond motifs is 1. The first-order chi connectivity index (χ1) is 14.2. The van der Waals surface area contributed by atoms with Crippen molar-refractivity contribution in [1.29, 1.82) is 0 Å². The number of thiophene rings is 1. The summed E-state index contributed by atoms with van der Waals surface area (Å²) in [5.41, 5.74) is 1.70. The number of anilines is 1. The zero-order valence-electron chi connectivity index (χ0n) is 15.3. The molecule has 1 amide bonds. The van der Waals surface area contributed by atoms with Crippen LogP contribution in [0.4, 0.5) is 5.69 Å². The van der Waals surface area contributed by atoms with Crippen molar-refractivity contribution in [3.8, 4) is 11.4 Å². The normalized spacial score (nSPS) is 10.9. The third-order valence-electron chi connectivity index (χ3n) is 4.19. The van der Waals surface area contributed by atoms with Crippen LogP contribution < -0.4 is 5.32 Å². The van der Waals surface area contributed by atoms with Gasteiger partial charge < -0.3 is 5.32 Å². The van der Waals surface area contributed by atoms with Crippen molar-refractivity contribution >= 4 is 56.4 Å². The Labute approximate surface area is 181 Å². The highest BCUT2D eigenvalue weighted by Gasteiger charge is 2.17. The summed E-state index contributed by atoms with van der Waals surface area (Å²) < 4.78 is 3.18. The van der Waals surface area contributed by atoms with Gasteiger partial charge in [-0.25, -0.2) is 0 Å². The first kappa shape index (κ1) is 19.7. The molecule has 0 aliphatic rings. The predicted molar refractivity (Wildman–Crippen MR) is 122 cm³/mol. The lowest BCUT2D eigenvalue weighted by Crippen LogP contribution is -2.14. The Morgan fingerprint density at radius 1 is 1.24 bits per heavy atom. The Balaban J connectivity index is 1.54. The Hall–Kier alpha value is -2.61. The van der Waals surface area contributed by atoms with E-state index >= 15 is 0 Å². The number of allylic oxidation sites excluding steroid dienone is 1. The number of carbonyl (C=O) groups excluding carboxylic acids is 1. The molecule has 5 nitrogen and oxygen atoms in total. The molecule has 0 aliphatic heterocycles. The summed E-state index contributed by atoms with van der Waals surface area (Å²) in [6, 6.07) is 15.3. The molecular formula is C21H17ClN4OS2. The van der Waals surface area contributed by atoms with E-state index in [1.54, 1.807) is 41.7 Å². The van der Waals surface area contributed by atoms with Gasteiger partial charge >= 0.3 is 0 Å². The van der Waals surface area contributed by atoms with Gasteiger partial charge in [0.15, 0.2) is 11.0 Å². The van der Waals surface area contributed by atoms with Gasteiger partial charge in [-0.1, -0.05) is 53.7 Å². The molecule has 4 aromatic rings. The SMILES string of the molecule is C=CCn1c(SCC(=O)Nc2cccc(Cl)c2)nnc1-c1csc2ccccc12. The fourth-order valence-corrected chi connectivity index (χ4v) is 4.81. The minimum atomic E-state index is -0.132. The van der Waals surface area contributed by atoms with Gasteiger partial charge in [0.25, 0.3) is 0 Å². The quantitative estimate of drug-likeness (QED) is 0.294. The van der Waals surface area contributed by atoms with Crippen LogP contribution in [-0.2, 0) is 11.3 Å². The lowest BCUT2D eigenvalue weighted by atomic mass is 10.1. The molecule has 0 fully saturated rings. The van der Waals surface area contributed by atoms with E-state index in [4.69, 9.17) is 11.6 Å². The maximum absolute atomic E-state index is 12.3. The van der Waals surface area contributed by atoms with Crippen molar-refractivity contribution in [2.24, 2.45) is 0 Å². The minimum absolute atomic E-state index is 0.132. The highest BCUT2D eigenvalue weighted by atomic mass is 35.5. The third kappa shape index (κ3) is 4.37.